The molecule has 3 rings (SSSR count). The lowest BCUT2D eigenvalue weighted by Gasteiger charge is -2.27. The lowest BCUT2D eigenvalue weighted by Crippen LogP contribution is -2.54. The Hall–Kier alpha value is -3.03. The summed E-state index contributed by atoms with van der Waals surface area (Å²) >= 11 is 0. The first-order valence-electron chi connectivity index (χ1n) is 9.93. The molecule has 2 heterocycles. The molecule has 0 aliphatic carbocycles. The van der Waals surface area contributed by atoms with Gasteiger partial charge in [-0.25, -0.2) is 0 Å². The number of ketones is 1. The normalized spacial score (nSPS) is 19.4. The van der Waals surface area contributed by atoms with Gasteiger partial charge in [0.15, 0.2) is 5.78 Å². The summed E-state index contributed by atoms with van der Waals surface area (Å²) in [6.45, 7) is 0.109. The Kier molecular flexibility index (Phi) is 5.45. The van der Waals surface area contributed by atoms with Crippen LogP contribution in [-0.4, -0.2) is 47.0 Å². The van der Waals surface area contributed by atoms with Crippen LogP contribution in [-0.2, 0) is 14.4 Å². The van der Waals surface area contributed by atoms with Crippen LogP contribution in [0.4, 0.5) is 0 Å². The van der Waals surface area contributed by atoms with Crippen LogP contribution in [0.15, 0.2) is 18.2 Å². The van der Waals surface area contributed by atoms with Gasteiger partial charge in [0.25, 0.3) is 11.8 Å². The molecule has 0 saturated carbocycles. The molecular formula is C20H22N2O6. The predicted molar refractivity (Wildman–Crippen MR) is 97.8 cm³/mol. The van der Waals surface area contributed by atoms with E-state index in [0.717, 1.165) is 17.7 Å². The smallest absolute Gasteiger partial charge is 0.266 e. The molecule has 1 aromatic rings. The average Bonchev–Trinajstić information content (AvgIpc) is 2.95. The van der Waals surface area contributed by atoms with Crippen LogP contribution >= 0.6 is 0 Å². The van der Waals surface area contributed by atoms with Gasteiger partial charge in [-0.2, -0.15) is 0 Å². The fraction of sp³-hybridized carbons (Fsp3) is 0.450. The largest absolute Gasteiger partial charge is 0.485 e. The second-order valence-electron chi connectivity index (χ2n) is 6.76. The van der Waals surface area contributed by atoms with Gasteiger partial charge in [-0.3, -0.25) is 34.2 Å². The number of nitrogens with zero attached hydrogens (tertiary/aromatic N) is 1. The monoisotopic (exact) mass is 388 g/mol. The lowest BCUT2D eigenvalue weighted by molar-refractivity contribution is -0.136. The molecule has 0 spiro atoms. The van der Waals surface area contributed by atoms with E-state index >= 15 is 0 Å². The summed E-state index contributed by atoms with van der Waals surface area (Å²) in [7, 11) is 0. The highest BCUT2D eigenvalue weighted by Crippen LogP contribution is 2.33. The van der Waals surface area contributed by atoms with E-state index < -0.39 is 29.7 Å². The van der Waals surface area contributed by atoms with Crippen molar-refractivity contribution in [3.05, 3.63) is 29.3 Å². The van der Waals surface area contributed by atoms with Crippen LogP contribution in [0.25, 0.3) is 0 Å². The minimum atomic E-state index is -1.05. The number of nitrogens with one attached hydrogen (secondary N) is 1. The van der Waals surface area contributed by atoms with Crippen LogP contribution in [0.3, 0.4) is 0 Å². The third-order valence-electron chi connectivity index (χ3n) is 4.77. The van der Waals surface area contributed by atoms with Crippen molar-refractivity contribution in [2.24, 2.45) is 0 Å². The number of hydrogen-bond acceptors (Lipinski definition) is 6. The van der Waals surface area contributed by atoms with Crippen molar-refractivity contribution in [2.75, 3.05) is 6.61 Å². The van der Waals surface area contributed by atoms with E-state index in [1.165, 1.54) is 12.1 Å². The summed E-state index contributed by atoms with van der Waals surface area (Å²) in [5, 5.41) is 2.15. The number of piperidine rings is 1. The summed E-state index contributed by atoms with van der Waals surface area (Å²) in [4.78, 5) is 61.9. The van der Waals surface area contributed by atoms with Gasteiger partial charge in [-0.1, -0.05) is 25.8 Å². The fourth-order valence-corrected chi connectivity index (χ4v) is 3.33. The number of amides is 4. The highest BCUT2D eigenvalue weighted by Gasteiger charge is 2.46. The molecule has 4 amide bonds. The number of imide groups is 2. The number of carbonyl (C=O) groups is 5. The molecule has 2 aliphatic rings. The van der Waals surface area contributed by atoms with E-state index in [1.807, 2.05) is 0 Å². The second-order valence-corrected chi connectivity index (χ2v) is 6.76. The molecule has 148 valence electrons. The second kappa shape index (κ2) is 8.33. The maximum atomic E-state index is 12.9. The minimum absolute atomic E-state index is 0.0317. The zero-order chi connectivity index (χ0) is 21.0. The molecule has 1 unspecified atom stereocenters. The number of rotatable bonds is 8. The SMILES string of the molecule is [3H]CCCCCC(=O)COc1cccc2c1C(=O)N(C1CCC(=O)NC1=O)C2=O. The van der Waals surface area contributed by atoms with E-state index in [9.17, 15) is 24.0 Å². The molecule has 1 atom stereocenters. The molecular weight excluding hydrogens is 364 g/mol. The molecule has 1 fully saturated rings. The third-order valence-corrected chi connectivity index (χ3v) is 4.77. The summed E-state index contributed by atoms with van der Waals surface area (Å²) in [5.74, 6) is -2.42. The number of carbonyl (C=O) groups excluding carboxylic acids is 5. The number of ether oxygens (including phenoxy) is 1. The van der Waals surface area contributed by atoms with E-state index in [0.29, 0.717) is 19.7 Å². The van der Waals surface area contributed by atoms with Crippen molar-refractivity contribution in [1.82, 2.24) is 10.2 Å². The highest BCUT2D eigenvalue weighted by molar-refractivity contribution is 6.24. The molecule has 1 saturated heterocycles. The Labute approximate surface area is 163 Å². The van der Waals surface area contributed by atoms with Crippen molar-refractivity contribution < 1.29 is 30.1 Å². The molecule has 28 heavy (non-hydrogen) atoms. The summed E-state index contributed by atoms with van der Waals surface area (Å²) in [5.41, 5.74) is 0.143. The first kappa shape index (κ1) is 18.3. The van der Waals surface area contributed by atoms with Crippen molar-refractivity contribution in [2.45, 2.75) is 51.5 Å². The quantitative estimate of drug-likeness (QED) is 0.535. The molecule has 1 N–H and O–H groups in total. The van der Waals surface area contributed by atoms with Crippen LogP contribution in [0.5, 0.6) is 5.75 Å². The van der Waals surface area contributed by atoms with Crippen molar-refractivity contribution in [3.8, 4) is 5.75 Å². The van der Waals surface area contributed by atoms with Gasteiger partial charge in [0, 0.05) is 14.2 Å². The zero-order valence-corrected chi connectivity index (χ0v) is 15.4. The van der Waals surface area contributed by atoms with Crippen LogP contribution in [0.1, 0.15) is 67.5 Å². The fourth-order valence-electron chi connectivity index (χ4n) is 3.33. The molecule has 8 nitrogen and oxygen atoms in total. The molecule has 2 aliphatic heterocycles. The first-order chi connectivity index (χ1) is 13.9. The van der Waals surface area contributed by atoms with E-state index in [-0.39, 0.29) is 42.1 Å². The maximum absolute atomic E-state index is 12.9. The number of unbranched alkanes of at least 4 members (excludes halogenated alkanes) is 2. The number of hydrogen-bond donors (Lipinski definition) is 1. The van der Waals surface area contributed by atoms with Crippen LogP contribution in [0, 0.1) is 0 Å². The van der Waals surface area contributed by atoms with E-state index in [2.05, 4.69) is 5.32 Å². The van der Waals surface area contributed by atoms with Crippen LogP contribution in [0.2, 0.25) is 0 Å². The summed E-state index contributed by atoms with van der Waals surface area (Å²) in [6, 6.07) is 3.47. The Morgan fingerprint density at radius 3 is 2.82 bits per heavy atom. The summed E-state index contributed by atoms with van der Waals surface area (Å²) in [6.07, 6.45) is 2.65. The molecule has 0 aromatic heterocycles. The minimum Gasteiger partial charge on any atom is -0.485 e. The highest BCUT2D eigenvalue weighted by atomic mass is 16.5. The Morgan fingerprint density at radius 1 is 1.25 bits per heavy atom. The van der Waals surface area contributed by atoms with Crippen molar-refractivity contribution in [3.63, 3.8) is 0 Å². The first-order valence-corrected chi connectivity index (χ1v) is 9.22. The average molecular weight is 388 g/mol. The number of Topliss-reactive ketones (excluding diaryl/α,β-unsaturated/α-hetero) is 1. The van der Waals surface area contributed by atoms with E-state index in [1.54, 1.807) is 6.07 Å². The number of fused-ring (bicyclic) bond motifs is 1. The molecule has 1 aromatic carbocycles. The van der Waals surface area contributed by atoms with Gasteiger partial charge in [0.1, 0.15) is 18.4 Å². The predicted octanol–water partition coefficient (Wildman–Crippen LogP) is 1.62. The Morgan fingerprint density at radius 2 is 2.07 bits per heavy atom. The Balaban J connectivity index is 1.71. The van der Waals surface area contributed by atoms with Gasteiger partial charge < -0.3 is 4.74 Å². The van der Waals surface area contributed by atoms with Crippen LogP contribution < -0.4 is 10.1 Å². The Bertz CT molecular complexity index is 869. The van der Waals surface area contributed by atoms with Crippen molar-refractivity contribution >= 4 is 29.4 Å². The molecule has 8 heteroatoms. The van der Waals surface area contributed by atoms with Gasteiger partial charge in [0.05, 0.1) is 11.1 Å². The van der Waals surface area contributed by atoms with Crippen molar-refractivity contribution in [1.29, 1.82) is 0 Å². The van der Waals surface area contributed by atoms with Gasteiger partial charge in [0.2, 0.25) is 11.8 Å². The molecule has 0 bridgehead atoms. The standard InChI is InChI=1S/C20H22N2O6/c1-2-3-4-6-12(23)11-28-15-8-5-7-13-17(15)20(27)22(19(13)26)14-9-10-16(24)21-18(14)25/h5,7-8,14H,2-4,6,9-11H2,1H3,(H,21,24,25)/i1T. The topological polar surface area (TPSA) is 110 Å². The summed E-state index contributed by atoms with van der Waals surface area (Å²) < 4.78 is 12.6. The van der Waals surface area contributed by atoms with E-state index in [4.69, 9.17) is 6.11 Å². The number of benzene rings is 1. The van der Waals surface area contributed by atoms with Gasteiger partial charge in [-0.05, 0) is 25.0 Å². The lowest BCUT2D eigenvalue weighted by atomic mass is 10.0. The zero-order valence-electron chi connectivity index (χ0n) is 16.4. The van der Waals surface area contributed by atoms with Gasteiger partial charge >= 0.3 is 0 Å². The third kappa shape index (κ3) is 3.81. The van der Waals surface area contributed by atoms with Gasteiger partial charge in [-0.15, -0.1) is 0 Å². The molecule has 0 radical (unpaired) electrons. The maximum Gasteiger partial charge on any atom is 0.266 e.